The lowest BCUT2D eigenvalue weighted by Crippen LogP contribution is -2.08. The molecule has 24 heteroatoms. The molecular weight excluding hydrogens is 969 g/mol. The molecule has 4 rings (SSSR count). The average molecular weight is 1030 g/mol. The van der Waals surface area contributed by atoms with E-state index in [2.05, 4.69) is 37.3 Å². The van der Waals surface area contributed by atoms with E-state index in [-0.39, 0.29) is 58.8 Å². The third kappa shape index (κ3) is 43.1. The van der Waals surface area contributed by atoms with Crippen LogP contribution in [0.2, 0.25) is 0 Å². The number of aliphatic hydroxyl groups is 1. The number of esters is 1. The van der Waals surface area contributed by atoms with E-state index in [1.165, 1.54) is 7.11 Å². The number of nitrogens with zero attached hydrogens (tertiary/aromatic N) is 4. The van der Waals surface area contributed by atoms with Crippen LogP contribution in [0.5, 0.6) is 0 Å². The van der Waals surface area contributed by atoms with E-state index in [1.54, 1.807) is 89.6 Å². The summed E-state index contributed by atoms with van der Waals surface area (Å²) in [6, 6.07) is 23.4. The molecule has 17 nitrogen and oxygen atoms in total. The molecule has 0 aliphatic carbocycles. The largest absolute Gasteiger partial charge is 0.481 e. The summed E-state index contributed by atoms with van der Waals surface area (Å²) in [4.78, 5) is 47.7. The van der Waals surface area contributed by atoms with Crippen LogP contribution in [0.3, 0.4) is 0 Å². The van der Waals surface area contributed by atoms with E-state index >= 15 is 0 Å². The van der Waals surface area contributed by atoms with Gasteiger partial charge in [0.1, 0.15) is 40.5 Å². The number of hydrogen-bond donors (Lipinski definition) is 4. The highest BCUT2D eigenvalue weighted by atomic mass is 33.1. The number of carbonyl (C=O) groups is 3. The van der Waals surface area contributed by atoms with E-state index < -0.39 is 11.9 Å². The summed E-state index contributed by atoms with van der Waals surface area (Å²) >= 11 is 3.90. The maximum atomic E-state index is 10.8. The van der Waals surface area contributed by atoms with Crippen molar-refractivity contribution >= 4 is 95.3 Å². The Kier molecular flexibility index (Phi) is 46.0. The monoisotopic (exact) mass is 1020 g/mol. The number of carboxylic acids is 2. The molecule has 0 aliphatic rings. The first-order valence-electron chi connectivity index (χ1n) is 18.9. The van der Waals surface area contributed by atoms with Gasteiger partial charge in [0.15, 0.2) is 0 Å². The molecule has 0 saturated heterocycles. The highest BCUT2D eigenvalue weighted by Gasteiger charge is 2.01. The molecule has 0 radical (unpaired) electrons. The van der Waals surface area contributed by atoms with E-state index in [0.29, 0.717) is 32.2 Å². The second-order valence-corrected chi connectivity index (χ2v) is 18.3. The summed E-state index contributed by atoms with van der Waals surface area (Å²) in [5.74, 6) is 0.312. The van der Waals surface area contributed by atoms with Crippen molar-refractivity contribution in [2.24, 2.45) is 0 Å². The number of hydrogen-bond acceptors (Lipinski definition) is 22. The van der Waals surface area contributed by atoms with Gasteiger partial charge in [0.05, 0.1) is 66.0 Å². The van der Waals surface area contributed by atoms with Crippen molar-refractivity contribution in [3.05, 3.63) is 97.6 Å². The molecule has 0 aromatic carbocycles. The lowest BCUT2D eigenvalue weighted by atomic mass is 10.5. The Balaban J connectivity index is 0.000000831. The Bertz CT molecular complexity index is 1600. The van der Waals surface area contributed by atoms with Gasteiger partial charge in [0, 0.05) is 49.2 Å². The second-order valence-electron chi connectivity index (χ2n) is 10.8. The van der Waals surface area contributed by atoms with E-state index in [1.807, 2.05) is 72.8 Å². The maximum absolute atomic E-state index is 10.8. The van der Waals surface area contributed by atoms with Gasteiger partial charge in [-0.1, -0.05) is 45.9 Å². The topological polar surface area (TPSA) is 228 Å². The number of rotatable bonds is 30. The summed E-state index contributed by atoms with van der Waals surface area (Å²) in [5, 5.41) is 27.5. The first kappa shape index (κ1) is 61.2. The highest BCUT2D eigenvalue weighted by molar-refractivity contribution is 8.77. The van der Waals surface area contributed by atoms with Crippen LogP contribution in [-0.4, -0.2) is 145 Å². The summed E-state index contributed by atoms with van der Waals surface area (Å²) in [6.45, 7) is 2.88. The van der Waals surface area contributed by atoms with Crippen LogP contribution in [0.25, 0.3) is 0 Å². The van der Waals surface area contributed by atoms with Gasteiger partial charge in [-0.05, 0) is 91.7 Å². The van der Waals surface area contributed by atoms with Crippen LogP contribution < -0.4 is 0 Å². The number of methoxy groups -OCH3 is 1. The molecule has 356 valence electrons. The fourth-order valence-corrected chi connectivity index (χ4v) is 8.59. The van der Waals surface area contributed by atoms with Gasteiger partial charge in [-0.25, -0.2) is 19.9 Å². The van der Waals surface area contributed by atoms with Crippen LogP contribution in [0, 0.1) is 0 Å². The van der Waals surface area contributed by atoms with Crippen LogP contribution in [0.1, 0.15) is 19.3 Å². The molecule has 4 heterocycles. The zero-order chi connectivity index (χ0) is 47.0. The van der Waals surface area contributed by atoms with Crippen LogP contribution in [-0.2, 0) is 47.5 Å². The predicted molar refractivity (Wildman–Crippen MR) is 259 cm³/mol. The lowest BCUT2D eigenvalue weighted by molar-refractivity contribution is -0.143. The van der Waals surface area contributed by atoms with Crippen molar-refractivity contribution in [1.29, 1.82) is 0 Å². The first-order valence-corrected chi connectivity index (χ1v) is 26.4. The Morgan fingerprint density at radius 1 is 0.500 bits per heavy atom. The zero-order valence-corrected chi connectivity index (χ0v) is 41.2. The molecule has 4 aromatic rings. The molecule has 0 bridgehead atoms. The quantitative estimate of drug-likeness (QED) is 0.0128. The number of aliphatic hydroxyl groups excluding tert-OH is 1. The standard InChI is InChI=1S/C12H17NO4S2.C11H15NO4S2.C10H8N2S2.C6H12O4S.CH4O/c1-15-12(14)5-7-16-10-17-8-9-18-19-11-4-2-3-6-13-11;13-11(14)4-6-15-9-16-7-8-17-18-10-3-1-2-5-12-10;1-3-7-11-9(5-1)13-14-10-6-2-4-8-12-10;7-6(8)1-2-9-5-10-3-4-11;1-2/h2-4,6H,5,7-10H2,1H3;1-3,5H,4,6-9H2,(H,13,14);1-8H;11H,1-5H2,(H,7,8);2H,1H3. The number of carboxylic acid groups (broad SMARTS) is 2. The highest BCUT2D eigenvalue weighted by Crippen LogP contribution is 2.34. The summed E-state index contributed by atoms with van der Waals surface area (Å²) in [7, 11) is 12.1. The smallest absolute Gasteiger partial charge is 0.307 e. The van der Waals surface area contributed by atoms with Gasteiger partial charge in [-0.2, -0.15) is 12.6 Å². The molecule has 0 atom stereocenters. The molecule has 0 fully saturated rings. The SMILES string of the molecule is CO.COC(=O)CCOCOCCSSc1ccccn1.O=C(O)CCOCOCCS.O=C(O)CCOCOCCSSc1ccccn1.c1ccc(SSc2ccccn2)nc1. The molecule has 0 saturated carbocycles. The van der Waals surface area contributed by atoms with Gasteiger partial charge in [-0.15, -0.1) is 0 Å². The van der Waals surface area contributed by atoms with Crippen molar-refractivity contribution in [1.82, 2.24) is 19.9 Å². The minimum Gasteiger partial charge on any atom is -0.481 e. The van der Waals surface area contributed by atoms with Crippen molar-refractivity contribution in [3.63, 3.8) is 0 Å². The Morgan fingerprint density at radius 2 is 0.828 bits per heavy atom. The number of thiol groups is 1. The number of ether oxygens (including phenoxy) is 7. The Labute approximate surface area is 404 Å². The fraction of sp³-hybridized carbons (Fsp3) is 0.425. The van der Waals surface area contributed by atoms with E-state index in [0.717, 1.165) is 38.7 Å². The summed E-state index contributed by atoms with van der Waals surface area (Å²) in [5.41, 5.74) is 0. The normalized spacial score (nSPS) is 10.0. The lowest BCUT2D eigenvalue weighted by Gasteiger charge is -2.05. The van der Waals surface area contributed by atoms with Gasteiger partial charge in [-0.3, -0.25) is 14.4 Å². The van der Waals surface area contributed by atoms with Gasteiger partial charge >= 0.3 is 17.9 Å². The van der Waals surface area contributed by atoms with Crippen LogP contribution in [0.4, 0.5) is 0 Å². The first-order chi connectivity index (χ1) is 31.3. The minimum absolute atomic E-state index is 0.00758. The van der Waals surface area contributed by atoms with Gasteiger partial charge < -0.3 is 48.5 Å². The number of aliphatic carboxylic acids is 2. The number of carbonyl (C=O) groups excluding carboxylic acids is 1. The predicted octanol–water partition coefficient (Wildman–Crippen LogP) is 7.93. The second kappa shape index (κ2) is 48.1. The molecule has 0 spiro atoms. The maximum Gasteiger partial charge on any atom is 0.307 e. The van der Waals surface area contributed by atoms with Crippen molar-refractivity contribution in [2.75, 3.05) is 91.5 Å². The van der Waals surface area contributed by atoms with Crippen molar-refractivity contribution < 1.29 is 62.9 Å². The van der Waals surface area contributed by atoms with Crippen molar-refractivity contribution in [3.8, 4) is 0 Å². The average Bonchev–Trinajstić information content (AvgIpc) is 3.33. The van der Waals surface area contributed by atoms with Crippen LogP contribution >= 0.6 is 77.4 Å². The van der Waals surface area contributed by atoms with Crippen LogP contribution in [0.15, 0.2) is 118 Å². The van der Waals surface area contributed by atoms with Gasteiger partial charge in [0.2, 0.25) is 0 Å². The molecule has 4 aromatic heterocycles. The number of pyridine rings is 4. The summed E-state index contributed by atoms with van der Waals surface area (Å²) in [6.07, 6.45) is 7.40. The Hall–Kier alpha value is -2.82. The molecule has 3 N–H and O–H groups in total. The molecule has 64 heavy (non-hydrogen) atoms. The van der Waals surface area contributed by atoms with Crippen molar-refractivity contribution in [2.45, 2.75) is 39.4 Å². The Morgan fingerprint density at radius 3 is 1.14 bits per heavy atom. The van der Waals surface area contributed by atoms with Gasteiger partial charge in [0.25, 0.3) is 0 Å². The van der Waals surface area contributed by atoms with E-state index in [9.17, 15) is 14.4 Å². The third-order valence-corrected chi connectivity index (χ3v) is 12.8. The molecule has 0 aliphatic heterocycles. The van der Waals surface area contributed by atoms with E-state index in [4.69, 9.17) is 43.7 Å². The minimum atomic E-state index is -0.864. The third-order valence-electron chi connectivity index (χ3n) is 6.01. The molecule has 0 amide bonds. The zero-order valence-electron chi connectivity index (χ0n) is 35.5. The number of aromatic nitrogens is 4. The molecule has 0 unspecified atom stereocenters. The summed E-state index contributed by atoms with van der Waals surface area (Å²) < 4.78 is 34.7. The fourth-order valence-electron chi connectivity index (χ4n) is 3.23. The molecular formula is C40H56N4O13S7.